The predicted molar refractivity (Wildman–Crippen MR) is 56.8 cm³/mol. The van der Waals surface area contributed by atoms with Gasteiger partial charge in [-0.3, -0.25) is 4.79 Å². The van der Waals surface area contributed by atoms with Crippen LogP contribution in [0.4, 0.5) is 0 Å². The first-order chi connectivity index (χ1) is 6.63. The Kier molecular flexibility index (Phi) is 4.23. The van der Waals surface area contributed by atoms with Gasteiger partial charge in [0.05, 0.1) is 7.11 Å². The van der Waals surface area contributed by atoms with Gasteiger partial charge < -0.3 is 4.74 Å². The molecule has 1 aromatic rings. The van der Waals surface area contributed by atoms with Gasteiger partial charge in [0.1, 0.15) is 5.38 Å². The minimum Gasteiger partial charge on any atom is -0.468 e. The highest BCUT2D eigenvalue weighted by Gasteiger charge is 2.15. The molecule has 0 N–H and O–H groups in total. The number of esters is 1. The van der Waals surface area contributed by atoms with Gasteiger partial charge in [-0.1, -0.05) is 23.7 Å². The summed E-state index contributed by atoms with van der Waals surface area (Å²) in [5, 5.41) is 0.0270. The highest BCUT2D eigenvalue weighted by Crippen LogP contribution is 2.13. The van der Waals surface area contributed by atoms with E-state index in [1.807, 2.05) is 12.1 Å². The molecular weight excluding hydrogens is 223 g/mol. The second-order valence-corrected chi connectivity index (χ2v) is 3.78. The summed E-state index contributed by atoms with van der Waals surface area (Å²) in [4.78, 5) is 11.0. The van der Waals surface area contributed by atoms with Gasteiger partial charge in [0.25, 0.3) is 0 Å². The van der Waals surface area contributed by atoms with E-state index in [9.17, 15) is 4.79 Å². The van der Waals surface area contributed by atoms with Crippen molar-refractivity contribution in [1.82, 2.24) is 0 Å². The Bertz CT molecular complexity index is 308. The van der Waals surface area contributed by atoms with Crippen LogP contribution < -0.4 is 0 Å². The normalized spacial score (nSPS) is 12.2. The molecule has 0 saturated heterocycles. The van der Waals surface area contributed by atoms with E-state index in [1.165, 1.54) is 7.11 Å². The average molecular weight is 233 g/mol. The monoisotopic (exact) mass is 232 g/mol. The third-order valence-electron chi connectivity index (χ3n) is 1.79. The molecule has 0 spiro atoms. The lowest BCUT2D eigenvalue weighted by Gasteiger charge is -2.06. The average Bonchev–Trinajstić information content (AvgIpc) is 2.20. The van der Waals surface area contributed by atoms with Crippen molar-refractivity contribution < 1.29 is 9.53 Å². The molecule has 0 bridgehead atoms. The van der Waals surface area contributed by atoms with Crippen LogP contribution >= 0.6 is 23.2 Å². The van der Waals surface area contributed by atoms with Crippen LogP contribution in [0.5, 0.6) is 0 Å². The fourth-order valence-corrected chi connectivity index (χ4v) is 1.43. The fraction of sp³-hybridized carbons (Fsp3) is 0.300. The lowest BCUT2D eigenvalue weighted by Crippen LogP contribution is -2.18. The fourth-order valence-electron chi connectivity index (χ4n) is 1.04. The second kappa shape index (κ2) is 5.23. The van der Waals surface area contributed by atoms with E-state index in [0.29, 0.717) is 11.4 Å². The number of hydrogen-bond acceptors (Lipinski definition) is 2. The predicted octanol–water partition coefficient (Wildman–Crippen LogP) is 2.66. The van der Waals surface area contributed by atoms with Crippen molar-refractivity contribution in [1.29, 1.82) is 0 Å². The van der Waals surface area contributed by atoms with E-state index in [1.54, 1.807) is 12.1 Å². The van der Waals surface area contributed by atoms with Gasteiger partial charge in [0.2, 0.25) is 0 Å². The van der Waals surface area contributed by atoms with E-state index >= 15 is 0 Å². The molecule has 14 heavy (non-hydrogen) atoms. The molecule has 0 aliphatic rings. The maximum Gasteiger partial charge on any atom is 0.324 e. The summed E-state index contributed by atoms with van der Waals surface area (Å²) in [5.41, 5.74) is 0.958. The van der Waals surface area contributed by atoms with Crippen LogP contribution in [0.1, 0.15) is 5.56 Å². The molecule has 0 fully saturated rings. The summed E-state index contributed by atoms with van der Waals surface area (Å²) in [6.45, 7) is 0. The van der Waals surface area contributed by atoms with Gasteiger partial charge in [0.15, 0.2) is 0 Å². The van der Waals surface area contributed by atoms with Crippen LogP contribution in [-0.4, -0.2) is 18.5 Å². The number of hydrogen-bond donors (Lipinski definition) is 0. The third kappa shape index (κ3) is 3.20. The van der Waals surface area contributed by atoms with Crippen LogP contribution in [0.25, 0.3) is 0 Å². The van der Waals surface area contributed by atoms with Crippen molar-refractivity contribution in [2.24, 2.45) is 0 Å². The molecule has 76 valence electrons. The number of carbonyl (C=O) groups is 1. The number of benzene rings is 1. The Hall–Kier alpha value is -0.730. The third-order valence-corrected chi connectivity index (χ3v) is 2.37. The second-order valence-electron chi connectivity index (χ2n) is 2.82. The van der Waals surface area contributed by atoms with Crippen LogP contribution in [-0.2, 0) is 16.0 Å². The first-order valence-electron chi connectivity index (χ1n) is 4.10. The zero-order chi connectivity index (χ0) is 10.6. The van der Waals surface area contributed by atoms with Gasteiger partial charge in [-0.05, 0) is 24.1 Å². The van der Waals surface area contributed by atoms with Gasteiger partial charge >= 0.3 is 5.97 Å². The van der Waals surface area contributed by atoms with Crippen molar-refractivity contribution in [3.63, 3.8) is 0 Å². The van der Waals surface area contributed by atoms with Crippen LogP contribution in [0, 0.1) is 0 Å². The number of halogens is 2. The Balaban J connectivity index is 2.60. The van der Waals surface area contributed by atoms with Gasteiger partial charge in [0, 0.05) is 5.02 Å². The summed E-state index contributed by atoms with van der Waals surface area (Å²) in [5.74, 6) is -0.415. The maximum atomic E-state index is 11.0. The number of methoxy groups -OCH3 is 1. The van der Waals surface area contributed by atoms with Gasteiger partial charge in [-0.15, -0.1) is 11.6 Å². The highest BCUT2D eigenvalue weighted by atomic mass is 35.5. The Morgan fingerprint density at radius 1 is 1.43 bits per heavy atom. The molecule has 0 aliphatic carbocycles. The molecule has 0 unspecified atom stereocenters. The SMILES string of the molecule is COC(=O)[C@@H](Cl)Cc1ccc(Cl)cc1. The quantitative estimate of drug-likeness (QED) is 0.592. The van der Waals surface area contributed by atoms with Gasteiger partial charge in [-0.2, -0.15) is 0 Å². The highest BCUT2D eigenvalue weighted by molar-refractivity contribution is 6.30. The van der Waals surface area contributed by atoms with E-state index in [0.717, 1.165) is 5.56 Å². The van der Waals surface area contributed by atoms with Crippen LogP contribution in [0.2, 0.25) is 5.02 Å². The zero-order valence-corrected chi connectivity index (χ0v) is 9.18. The minimum absolute atomic E-state index is 0.415. The van der Waals surface area contributed by atoms with E-state index in [2.05, 4.69) is 4.74 Å². The molecule has 1 rings (SSSR count). The molecule has 0 radical (unpaired) electrons. The largest absolute Gasteiger partial charge is 0.468 e. The number of ether oxygens (including phenoxy) is 1. The minimum atomic E-state index is -0.638. The zero-order valence-electron chi connectivity index (χ0n) is 7.67. The molecule has 2 nitrogen and oxygen atoms in total. The van der Waals surface area contributed by atoms with Crippen LogP contribution in [0.3, 0.4) is 0 Å². The van der Waals surface area contributed by atoms with Crippen molar-refractivity contribution in [2.75, 3.05) is 7.11 Å². The summed E-state index contributed by atoms with van der Waals surface area (Å²) >= 11 is 11.5. The molecular formula is C10H10Cl2O2. The molecule has 1 aromatic carbocycles. The molecule has 0 saturated carbocycles. The molecule has 0 aliphatic heterocycles. The Labute approximate surface area is 92.8 Å². The van der Waals surface area contributed by atoms with Crippen LogP contribution in [0.15, 0.2) is 24.3 Å². The molecule has 0 amide bonds. The molecule has 0 heterocycles. The smallest absolute Gasteiger partial charge is 0.324 e. The maximum absolute atomic E-state index is 11.0. The lowest BCUT2D eigenvalue weighted by molar-refractivity contribution is -0.140. The number of alkyl halides is 1. The van der Waals surface area contributed by atoms with E-state index in [4.69, 9.17) is 23.2 Å². The summed E-state index contributed by atoms with van der Waals surface area (Å²) < 4.78 is 4.51. The topological polar surface area (TPSA) is 26.3 Å². The van der Waals surface area contributed by atoms with E-state index in [-0.39, 0.29) is 0 Å². The first kappa shape index (κ1) is 11.3. The van der Waals surface area contributed by atoms with Crippen molar-refractivity contribution in [2.45, 2.75) is 11.8 Å². The van der Waals surface area contributed by atoms with Crippen molar-refractivity contribution >= 4 is 29.2 Å². The van der Waals surface area contributed by atoms with Gasteiger partial charge in [-0.25, -0.2) is 0 Å². The number of rotatable bonds is 3. The van der Waals surface area contributed by atoms with Crippen molar-refractivity contribution in [3.8, 4) is 0 Å². The Morgan fingerprint density at radius 2 is 2.00 bits per heavy atom. The van der Waals surface area contributed by atoms with E-state index < -0.39 is 11.3 Å². The summed E-state index contributed by atoms with van der Waals surface area (Å²) in [7, 11) is 1.32. The molecule has 0 aromatic heterocycles. The Morgan fingerprint density at radius 3 is 2.50 bits per heavy atom. The number of carbonyl (C=O) groups excluding carboxylic acids is 1. The lowest BCUT2D eigenvalue weighted by atomic mass is 10.1. The molecule has 4 heteroatoms. The summed E-state index contributed by atoms with van der Waals surface area (Å²) in [6, 6.07) is 7.19. The van der Waals surface area contributed by atoms with Crippen molar-refractivity contribution in [3.05, 3.63) is 34.9 Å². The molecule has 1 atom stereocenters. The summed E-state index contributed by atoms with van der Waals surface area (Å²) in [6.07, 6.45) is 0.450. The standard InChI is InChI=1S/C10H10Cl2O2/c1-14-10(13)9(12)6-7-2-4-8(11)5-3-7/h2-5,9H,6H2,1H3/t9-/m0/s1. The first-order valence-corrected chi connectivity index (χ1v) is 4.91.